The molecule has 0 aromatic heterocycles. The Morgan fingerprint density at radius 2 is 0.691 bits per heavy atom. The lowest BCUT2D eigenvalue weighted by Gasteiger charge is -2.49. The highest BCUT2D eigenvalue weighted by Gasteiger charge is 2.54. The molecule has 0 saturated carbocycles. The van der Waals surface area contributed by atoms with Crippen molar-refractivity contribution in [1.29, 1.82) is 0 Å². The van der Waals surface area contributed by atoms with E-state index in [1.165, 1.54) is 61.8 Å². The van der Waals surface area contributed by atoms with Gasteiger partial charge in [-0.05, 0) is 212 Å². The summed E-state index contributed by atoms with van der Waals surface area (Å²) >= 11 is 0. The fraction of sp³-hybridized carbons (Fsp3) is 0.688. The minimum atomic E-state index is -6.09. The van der Waals surface area contributed by atoms with Crippen molar-refractivity contribution in [2.24, 2.45) is 0 Å². The molecule has 110 heavy (non-hydrogen) atoms. The Hall–Kier alpha value is -3.84. The first-order valence-corrected chi connectivity index (χ1v) is 43.6. The van der Waals surface area contributed by atoms with Crippen LogP contribution in [0.25, 0.3) is 0 Å². The molecule has 0 aromatic carbocycles. The van der Waals surface area contributed by atoms with Gasteiger partial charge in [0.1, 0.15) is 60.9 Å². The van der Waals surface area contributed by atoms with Crippen molar-refractivity contribution in [1.82, 2.24) is 10.6 Å². The number of hydrogen-bond acceptors (Lipinski definition) is 27. The van der Waals surface area contributed by atoms with Gasteiger partial charge in [-0.25, -0.2) is 4.31 Å². The zero-order valence-electron chi connectivity index (χ0n) is 67.0. The summed E-state index contributed by atoms with van der Waals surface area (Å²) < 4.78 is 100. The van der Waals surface area contributed by atoms with Crippen molar-refractivity contribution in [3.05, 3.63) is 128 Å². The molecule has 5 unspecified atom stereocenters. The lowest BCUT2D eigenvalue weighted by atomic mass is 9.94. The maximum atomic E-state index is 13.2. The Kier molecular flexibility index (Phi) is 50.3. The van der Waals surface area contributed by atoms with Crippen LogP contribution < -0.4 is 30.2 Å². The van der Waals surface area contributed by atoms with Gasteiger partial charge >= 0.3 is 0 Å². The smallest absolute Gasteiger partial charge is 0.276 e. The molecule has 0 aliphatic carbocycles. The van der Waals surface area contributed by atoms with Crippen LogP contribution in [0.2, 0.25) is 0 Å². The average molecular weight is 1640 g/mol. The normalized spacial score (nSPS) is 24.8. The van der Waals surface area contributed by atoms with Crippen LogP contribution in [0.5, 0.6) is 0 Å². The molecule has 0 bridgehead atoms. The fourth-order valence-corrected chi connectivity index (χ4v) is 15.3. The average Bonchev–Trinajstić information content (AvgIpc) is 0.789. The number of carbonyl (C=O) groups is 2. The van der Waals surface area contributed by atoms with Gasteiger partial charge in [0.25, 0.3) is 31.3 Å². The van der Waals surface area contributed by atoms with Crippen LogP contribution in [-0.4, -0.2) is 167 Å². The number of hydrogen-bond donors (Lipinski definition) is 9. The predicted octanol–water partition coefficient (Wildman–Crippen LogP) is 10.8. The Morgan fingerprint density at radius 1 is 0.391 bits per heavy atom. The van der Waals surface area contributed by atoms with Gasteiger partial charge in [-0.1, -0.05) is 128 Å². The highest BCUT2D eigenvalue weighted by molar-refractivity contribution is 7.59. The molecule has 33 heteroatoms. The summed E-state index contributed by atoms with van der Waals surface area (Å²) in [6, 6.07) is -3.93. The number of nitrogens with one attached hydrogen (secondary N) is 2. The van der Waals surface area contributed by atoms with Crippen LogP contribution in [-0.2, 0) is 73.5 Å². The molecule has 2 fully saturated rings. The molecule has 2 aliphatic rings. The van der Waals surface area contributed by atoms with Gasteiger partial charge in [-0.15, -0.1) is 0 Å². The summed E-state index contributed by atoms with van der Waals surface area (Å²) in [5.41, 5.74) is 14.8. The third-order valence-electron chi connectivity index (χ3n) is 17.9. The van der Waals surface area contributed by atoms with E-state index in [1.54, 1.807) is 6.92 Å². The maximum Gasteiger partial charge on any atom is 0.276 e. The van der Waals surface area contributed by atoms with Gasteiger partial charge < -0.3 is 103 Å². The van der Waals surface area contributed by atoms with Crippen LogP contribution in [0, 0.1) is 0 Å². The van der Waals surface area contributed by atoms with E-state index in [9.17, 15) is 78.1 Å². The summed E-state index contributed by atoms with van der Waals surface area (Å²) in [5, 5.41) is 76.3. The molecule has 0 aromatic rings. The fourth-order valence-electron chi connectivity index (χ4n) is 11.5. The largest absolute Gasteiger partial charge is 0.756 e. The molecule has 2 amide bonds. The van der Waals surface area contributed by atoms with Crippen LogP contribution >= 0.6 is 31.3 Å². The number of amides is 2. The number of carbonyl (C=O) groups excluding carboxylic acids is 2. The molecule has 0 spiro atoms. The van der Waals surface area contributed by atoms with Gasteiger partial charge in [0.2, 0.25) is 11.8 Å². The predicted molar refractivity (Wildman–Crippen MR) is 413 cm³/mol. The van der Waals surface area contributed by atoms with Crippen LogP contribution in [0.4, 0.5) is 0 Å². The first-order valence-electron chi connectivity index (χ1n) is 37.7. The van der Waals surface area contributed by atoms with E-state index in [1.807, 2.05) is 6.92 Å². The topological polar surface area (TPSA) is 453 Å². The number of ether oxygens (including phenoxy) is 3. The van der Waals surface area contributed by atoms with E-state index in [0.717, 1.165) is 129 Å². The summed E-state index contributed by atoms with van der Waals surface area (Å²) in [6.45, 7) is 20.6. The van der Waals surface area contributed by atoms with E-state index in [4.69, 9.17) is 32.9 Å². The van der Waals surface area contributed by atoms with Crippen molar-refractivity contribution in [3.8, 4) is 0 Å². The van der Waals surface area contributed by atoms with Gasteiger partial charge in [-0.3, -0.25) is 32.4 Å². The molecule has 2 aliphatic heterocycles. The van der Waals surface area contributed by atoms with Crippen LogP contribution in [0.15, 0.2) is 128 Å². The Balaban J connectivity index is 1.83. The Morgan fingerprint density at radius 3 is 1.03 bits per heavy atom. The van der Waals surface area contributed by atoms with E-state index in [0.29, 0.717) is 18.4 Å². The van der Waals surface area contributed by atoms with E-state index >= 15 is 0 Å². The van der Waals surface area contributed by atoms with Gasteiger partial charge in [0.15, 0.2) is 12.6 Å². The molecule has 0 radical (unpaired) electrons. The number of phosphoric acid groups is 4. The van der Waals surface area contributed by atoms with Crippen molar-refractivity contribution in [2.75, 3.05) is 46.2 Å². The summed E-state index contributed by atoms with van der Waals surface area (Å²) in [5.74, 6) is -1.89. The number of aliphatic hydroxyl groups is 7. The Labute approximate surface area is 652 Å². The van der Waals surface area contributed by atoms with E-state index in [-0.39, 0.29) is 0 Å². The minimum absolute atomic E-state index is 0.514. The molecule has 2 heterocycles. The molecule has 2 rings (SSSR count). The maximum absolute atomic E-state index is 13.2. The second-order valence-electron chi connectivity index (χ2n) is 28.9. The molecule has 2 saturated heterocycles. The molecular weight excluding hydrogens is 1510 g/mol. The van der Waals surface area contributed by atoms with Crippen molar-refractivity contribution in [3.63, 3.8) is 0 Å². The second-order valence-corrected chi connectivity index (χ2v) is 34.6. The molecular formula is C77H128N2O27P4-4. The molecule has 9 N–H and O–H groups in total. The highest BCUT2D eigenvalue weighted by Crippen LogP contribution is 2.57. The molecule has 16 atom stereocenters. The molecule has 29 nitrogen and oxygen atoms in total. The third-order valence-corrected chi connectivity index (χ3v) is 22.4. The van der Waals surface area contributed by atoms with Crippen molar-refractivity contribution in [2.45, 2.75) is 299 Å². The van der Waals surface area contributed by atoms with E-state index < -0.39 is 163 Å². The summed E-state index contributed by atoms with van der Waals surface area (Å²) in [6.07, 6.45) is 24.5. The summed E-state index contributed by atoms with van der Waals surface area (Å²) in [7, 11) is -22.7. The standard InChI is InChI=1S/C77H132N2O27P4/c1-53(2)25-15-26-54(3)27-16-28-55(4)29-17-30-56(5)31-18-32-57(6)33-19-34-58(7)35-20-36-59(8)37-21-38-60(9)39-22-40-61(10)41-23-42-62(11)43-24-44-63(12)45-46-97-109(93,94)106-110(95,96)105-77-71(79-65(14)84)72(87)74(68(48-81)102-77)103-76-70(78-64(13)83)73(88)75(69(49-82)101-76)104-108(91,92)100-52-67(86)51-99-107(89,90)98-50-66(85)47-80/h25,27,29,31,33,35,37,39,41,43,45,66-77,80-82,85-88H,15-24,26,28,30,32,34,36,38,40,42,44,46-52H2,1-14H3,(H,78,83)(H,79,84)(H,89,90)(H,91,92)(H,93,94)(H,95,96)/p-4/b54-27+,55-29+,56-31-,57-33-,58-35-,59-37-,60-39-,61-41-,62-43-,63-45-/t66-,67-,68-,69-,70+,71-,72-,73-,74?,75-,76+,77-/m1/s1. The quantitative estimate of drug-likeness (QED) is 0.0202. The third kappa shape index (κ3) is 46.0. The zero-order valence-corrected chi connectivity index (χ0v) is 70.5. The van der Waals surface area contributed by atoms with Crippen LogP contribution in [0.1, 0.15) is 225 Å². The van der Waals surface area contributed by atoms with Gasteiger partial charge in [-0.2, -0.15) is 0 Å². The second kappa shape index (κ2) is 54.1. The lowest BCUT2D eigenvalue weighted by Crippen LogP contribution is -2.69. The van der Waals surface area contributed by atoms with Crippen molar-refractivity contribution < 1.29 is 129 Å². The zero-order chi connectivity index (χ0) is 82.8. The van der Waals surface area contributed by atoms with Gasteiger partial charge in [0, 0.05) is 13.8 Å². The summed E-state index contributed by atoms with van der Waals surface area (Å²) in [4.78, 5) is 75.6. The molecule has 632 valence electrons. The van der Waals surface area contributed by atoms with Crippen LogP contribution in [0.3, 0.4) is 0 Å². The lowest BCUT2D eigenvalue weighted by molar-refractivity contribution is -0.333. The number of rotatable bonds is 55. The minimum Gasteiger partial charge on any atom is -0.756 e. The Bertz CT molecular complexity index is 3350. The first kappa shape index (κ1) is 102. The van der Waals surface area contributed by atoms with E-state index in [2.05, 4.69) is 159 Å². The highest BCUT2D eigenvalue weighted by atomic mass is 31.3. The SMILES string of the molecule is CC(=O)N[C@@H]1[C@H](OC2[C@@H](CO)O[C@H](OP(=O)([O-])OP(=O)([O-])OC/C=C(/C)CC/C=C(/C)CC/C=C(/C)CC/C=C(/C)CC/C=C(/C)CC/C=C(/C)CC/C=C(/C)CC/C=C(/C)CC/C=C(\C)CC/C=C(\C)CCC=C(C)C)[C@H](NC(C)=O)[C@H]2O)O[C@H](CO)[C@@H](OP(=O)([O-])OC[C@H](O)COP(=O)([O-])OC[C@H](O)CO)[C@@H]1O. The van der Waals surface area contributed by atoms with Gasteiger partial charge in [0.05, 0.1) is 46.2 Å². The number of allylic oxidation sites excluding steroid dienone is 21. The monoisotopic (exact) mass is 1640 g/mol. The number of aliphatic hydroxyl groups excluding tert-OH is 7. The first-order chi connectivity index (χ1) is 51.6. The van der Waals surface area contributed by atoms with Crippen molar-refractivity contribution >= 4 is 43.1 Å². The number of phosphoric ester groups is 4.